The zero-order valence-corrected chi connectivity index (χ0v) is 12.8. The van der Waals surface area contributed by atoms with Gasteiger partial charge in [0.25, 0.3) is 0 Å². The Morgan fingerprint density at radius 1 is 1.42 bits per heavy atom. The molecule has 0 fully saturated rings. The molecule has 106 valence electrons. The van der Waals surface area contributed by atoms with Crippen LogP contribution in [0, 0.1) is 0 Å². The molecule has 1 aliphatic carbocycles. The number of nitrogens with one attached hydrogen (secondary N) is 1. The summed E-state index contributed by atoms with van der Waals surface area (Å²) in [6.07, 6.45) is 6.25. The molecule has 5 heteroatoms. The number of halogens is 1. The van der Waals surface area contributed by atoms with E-state index in [1.54, 1.807) is 11.8 Å². The average molecular weight is 301 g/mol. The summed E-state index contributed by atoms with van der Waals surface area (Å²) in [5.74, 6) is 0.834. The second-order valence-corrected chi connectivity index (χ2v) is 5.70. The molecule has 0 saturated carbocycles. The number of thioether (sulfide) groups is 1. The lowest BCUT2D eigenvalue weighted by molar-refractivity contribution is -0.117. The fourth-order valence-corrected chi connectivity index (χ4v) is 2.75. The second-order valence-electron chi connectivity index (χ2n) is 4.71. The van der Waals surface area contributed by atoms with Crippen LogP contribution in [-0.4, -0.2) is 24.0 Å². The molecule has 3 nitrogen and oxygen atoms in total. The van der Waals surface area contributed by atoms with Gasteiger partial charge in [0.05, 0.1) is 6.04 Å². The number of carbonyl (C=O) groups is 1. The van der Waals surface area contributed by atoms with Gasteiger partial charge >= 0.3 is 0 Å². The minimum Gasteiger partial charge on any atom is -0.325 e. The number of anilines is 1. The minimum atomic E-state index is -0.411. The molecular weight excluding hydrogens is 280 g/mol. The summed E-state index contributed by atoms with van der Waals surface area (Å²) in [6.45, 7) is 0. The molecular formula is C14H21ClN2OS. The first kappa shape index (κ1) is 16.3. The van der Waals surface area contributed by atoms with Crippen molar-refractivity contribution in [2.75, 3.05) is 17.3 Å². The first-order valence-corrected chi connectivity index (χ1v) is 7.77. The van der Waals surface area contributed by atoms with Crippen molar-refractivity contribution in [3.63, 3.8) is 0 Å². The summed E-state index contributed by atoms with van der Waals surface area (Å²) in [5.41, 5.74) is 9.50. The van der Waals surface area contributed by atoms with Gasteiger partial charge < -0.3 is 11.1 Å². The molecule has 1 atom stereocenters. The van der Waals surface area contributed by atoms with E-state index in [2.05, 4.69) is 17.4 Å². The van der Waals surface area contributed by atoms with Crippen molar-refractivity contribution in [3.8, 4) is 0 Å². The highest BCUT2D eigenvalue weighted by Crippen LogP contribution is 2.24. The highest BCUT2D eigenvalue weighted by molar-refractivity contribution is 7.98. The van der Waals surface area contributed by atoms with Crippen LogP contribution < -0.4 is 11.1 Å². The molecule has 3 N–H and O–H groups in total. The maximum absolute atomic E-state index is 11.9. The molecule has 0 bridgehead atoms. The largest absolute Gasteiger partial charge is 0.325 e. The molecule has 0 saturated heterocycles. The van der Waals surface area contributed by atoms with Crippen molar-refractivity contribution in [3.05, 3.63) is 29.3 Å². The Morgan fingerprint density at radius 2 is 2.16 bits per heavy atom. The molecule has 1 aliphatic rings. The highest BCUT2D eigenvalue weighted by atomic mass is 35.5. The minimum absolute atomic E-state index is 0. The summed E-state index contributed by atoms with van der Waals surface area (Å²) in [6, 6.07) is 5.77. The van der Waals surface area contributed by atoms with Gasteiger partial charge in [-0.05, 0) is 61.0 Å². The molecule has 1 aromatic carbocycles. The number of amides is 1. The highest BCUT2D eigenvalue weighted by Gasteiger charge is 2.15. The van der Waals surface area contributed by atoms with Crippen LogP contribution in [0.5, 0.6) is 0 Å². The first-order valence-electron chi connectivity index (χ1n) is 6.38. The third-order valence-electron chi connectivity index (χ3n) is 3.34. The van der Waals surface area contributed by atoms with E-state index in [1.165, 1.54) is 17.5 Å². The summed E-state index contributed by atoms with van der Waals surface area (Å²) < 4.78 is 0. The van der Waals surface area contributed by atoms with Crippen molar-refractivity contribution in [2.45, 2.75) is 31.7 Å². The van der Waals surface area contributed by atoms with Crippen molar-refractivity contribution in [1.29, 1.82) is 0 Å². The SMILES string of the molecule is CSCCC(N)C(=O)Nc1ccc2c(c1)CCC2.Cl. The molecule has 19 heavy (non-hydrogen) atoms. The lowest BCUT2D eigenvalue weighted by Crippen LogP contribution is -2.36. The van der Waals surface area contributed by atoms with E-state index in [0.29, 0.717) is 0 Å². The van der Waals surface area contributed by atoms with Crippen molar-refractivity contribution < 1.29 is 4.79 Å². The molecule has 0 aromatic heterocycles. The van der Waals surface area contributed by atoms with Crippen molar-refractivity contribution in [1.82, 2.24) is 0 Å². The Morgan fingerprint density at radius 3 is 2.89 bits per heavy atom. The molecule has 0 heterocycles. The van der Waals surface area contributed by atoms with Gasteiger partial charge in [0.1, 0.15) is 0 Å². The number of carbonyl (C=O) groups excluding carboxylic acids is 1. The Balaban J connectivity index is 0.00000180. The summed E-state index contributed by atoms with van der Waals surface area (Å²) in [4.78, 5) is 11.9. The molecule has 0 aliphatic heterocycles. The number of hydrogen-bond donors (Lipinski definition) is 2. The predicted molar refractivity (Wildman–Crippen MR) is 85.3 cm³/mol. The Labute approximate surface area is 125 Å². The van der Waals surface area contributed by atoms with Crippen LogP contribution in [0.2, 0.25) is 0 Å². The van der Waals surface area contributed by atoms with Gasteiger partial charge in [-0.25, -0.2) is 0 Å². The fraction of sp³-hybridized carbons (Fsp3) is 0.500. The summed E-state index contributed by atoms with van der Waals surface area (Å²) >= 11 is 1.71. The number of hydrogen-bond acceptors (Lipinski definition) is 3. The number of aryl methyl sites for hydroxylation is 2. The third kappa shape index (κ3) is 4.41. The number of rotatable bonds is 5. The summed E-state index contributed by atoms with van der Waals surface area (Å²) in [7, 11) is 0. The van der Waals surface area contributed by atoms with E-state index in [-0.39, 0.29) is 18.3 Å². The van der Waals surface area contributed by atoms with Gasteiger partial charge in [-0.1, -0.05) is 6.07 Å². The second kappa shape index (κ2) is 7.78. The van der Waals surface area contributed by atoms with Crippen LogP contribution in [0.1, 0.15) is 24.0 Å². The Bertz CT molecular complexity index is 439. The van der Waals surface area contributed by atoms with E-state index in [4.69, 9.17) is 5.73 Å². The van der Waals surface area contributed by atoms with E-state index < -0.39 is 6.04 Å². The monoisotopic (exact) mass is 300 g/mol. The van der Waals surface area contributed by atoms with Crippen LogP contribution >= 0.6 is 24.2 Å². The molecule has 2 rings (SSSR count). The lowest BCUT2D eigenvalue weighted by atomic mass is 10.1. The average Bonchev–Trinajstić information content (AvgIpc) is 2.83. The topological polar surface area (TPSA) is 55.1 Å². The van der Waals surface area contributed by atoms with Crippen LogP contribution in [0.4, 0.5) is 5.69 Å². The van der Waals surface area contributed by atoms with Crippen LogP contribution in [0.15, 0.2) is 18.2 Å². The third-order valence-corrected chi connectivity index (χ3v) is 3.98. The summed E-state index contributed by atoms with van der Waals surface area (Å²) in [5, 5.41) is 2.91. The molecule has 1 amide bonds. The van der Waals surface area contributed by atoms with Crippen LogP contribution in [-0.2, 0) is 17.6 Å². The fourth-order valence-electron chi connectivity index (χ4n) is 2.26. The number of fused-ring (bicyclic) bond motifs is 1. The lowest BCUT2D eigenvalue weighted by Gasteiger charge is -2.12. The van der Waals surface area contributed by atoms with Gasteiger partial charge in [-0.15, -0.1) is 12.4 Å². The molecule has 1 unspecified atom stereocenters. The standard InChI is InChI=1S/C14H20N2OS.ClH/c1-18-8-7-13(15)14(17)16-12-6-5-10-3-2-4-11(10)9-12;/h5-6,9,13H,2-4,7-8,15H2,1H3,(H,16,17);1H. The normalized spacial score (nSPS) is 14.4. The Hall–Kier alpha value is -0.710. The van der Waals surface area contributed by atoms with Crippen LogP contribution in [0.3, 0.4) is 0 Å². The molecule has 0 radical (unpaired) electrons. The van der Waals surface area contributed by atoms with Gasteiger partial charge in [0.2, 0.25) is 5.91 Å². The quantitative estimate of drug-likeness (QED) is 0.879. The van der Waals surface area contributed by atoms with Gasteiger partial charge in [0, 0.05) is 5.69 Å². The van der Waals surface area contributed by atoms with E-state index in [9.17, 15) is 4.79 Å². The van der Waals surface area contributed by atoms with Gasteiger partial charge in [0.15, 0.2) is 0 Å². The smallest absolute Gasteiger partial charge is 0.241 e. The van der Waals surface area contributed by atoms with E-state index in [1.807, 2.05) is 12.3 Å². The first-order chi connectivity index (χ1) is 8.70. The van der Waals surface area contributed by atoms with E-state index >= 15 is 0 Å². The zero-order valence-electron chi connectivity index (χ0n) is 11.1. The molecule has 1 aromatic rings. The molecule has 0 spiro atoms. The predicted octanol–water partition coefficient (Wildman–Crippen LogP) is 2.62. The number of benzene rings is 1. The van der Waals surface area contributed by atoms with Crippen molar-refractivity contribution in [2.24, 2.45) is 5.73 Å². The van der Waals surface area contributed by atoms with Gasteiger partial charge in [-0.2, -0.15) is 11.8 Å². The maximum atomic E-state index is 11.9. The van der Waals surface area contributed by atoms with Gasteiger partial charge in [-0.3, -0.25) is 4.79 Å². The van der Waals surface area contributed by atoms with Crippen molar-refractivity contribution >= 4 is 35.8 Å². The van der Waals surface area contributed by atoms with Crippen LogP contribution in [0.25, 0.3) is 0 Å². The van der Waals surface area contributed by atoms with E-state index in [0.717, 1.165) is 30.7 Å². The zero-order chi connectivity index (χ0) is 13.0. The number of nitrogens with two attached hydrogens (primary N) is 1. The Kier molecular flexibility index (Phi) is 6.69. The maximum Gasteiger partial charge on any atom is 0.241 e.